The molecule has 0 bridgehead atoms. The van der Waals surface area contributed by atoms with Crippen molar-refractivity contribution in [1.29, 1.82) is 0 Å². The predicted octanol–water partition coefficient (Wildman–Crippen LogP) is 1.83. The van der Waals surface area contributed by atoms with E-state index in [4.69, 9.17) is 4.74 Å². The Balaban J connectivity index is 1.52. The predicted molar refractivity (Wildman–Crippen MR) is 71.3 cm³/mol. The van der Waals surface area contributed by atoms with Crippen LogP contribution in [0.5, 0.6) is 0 Å². The molecule has 1 heterocycles. The Morgan fingerprint density at radius 2 is 1.71 bits per heavy atom. The quantitative estimate of drug-likeness (QED) is 0.704. The minimum absolute atomic E-state index is 0.595. The summed E-state index contributed by atoms with van der Waals surface area (Å²) >= 11 is 0. The van der Waals surface area contributed by atoms with E-state index < -0.39 is 0 Å². The van der Waals surface area contributed by atoms with Crippen molar-refractivity contribution >= 4 is 0 Å². The van der Waals surface area contributed by atoms with Crippen LogP contribution in [0, 0.1) is 5.92 Å². The highest BCUT2D eigenvalue weighted by molar-refractivity contribution is 4.73. The van der Waals surface area contributed by atoms with Gasteiger partial charge in [0.05, 0.1) is 12.7 Å². The summed E-state index contributed by atoms with van der Waals surface area (Å²) < 4.78 is 5.82. The first-order valence-corrected chi connectivity index (χ1v) is 7.30. The van der Waals surface area contributed by atoms with Crippen LogP contribution in [0.15, 0.2) is 0 Å². The SMILES string of the molecule is CC(C)CN1CCN(CCOC2CCC2)CC1. The van der Waals surface area contributed by atoms with E-state index in [0.717, 1.165) is 19.1 Å². The Bertz CT molecular complexity index is 208. The molecule has 0 aromatic heterocycles. The second-order valence-corrected chi connectivity index (χ2v) is 5.96. The molecule has 1 aliphatic carbocycles. The largest absolute Gasteiger partial charge is 0.377 e. The lowest BCUT2D eigenvalue weighted by atomic mass is 9.96. The van der Waals surface area contributed by atoms with Gasteiger partial charge in [-0.05, 0) is 25.2 Å². The highest BCUT2D eigenvalue weighted by Gasteiger charge is 2.20. The summed E-state index contributed by atoms with van der Waals surface area (Å²) in [6, 6.07) is 0. The summed E-state index contributed by atoms with van der Waals surface area (Å²) in [7, 11) is 0. The van der Waals surface area contributed by atoms with Crippen LogP contribution in [0.25, 0.3) is 0 Å². The molecule has 0 radical (unpaired) electrons. The fourth-order valence-corrected chi connectivity index (χ4v) is 2.60. The number of hydrogen-bond donors (Lipinski definition) is 0. The topological polar surface area (TPSA) is 15.7 Å². The summed E-state index contributed by atoms with van der Waals surface area (Å²) in [4.78, 5) is 5.14. The van der Waals surface area contributed by atoms with E-state index in [1.54, 1.807) is 0 Å². The zero-order chi connectivity index (χ0) is 12.1. The van der Waals surface area contributed by atoms with Crippen LogP contribution in [0.4, 0.5) is 0 Å². The number of piperazine rings is 1. The number of hydrogen-bond acceptors (Lipinski definition) is 3. The smallest absolute Gasteiger partial charge is 0.0597 e. The summed E-state index contributed by atoms with van der Waals surface area (Å²) in [5.41, 5.74) is 0. The molecule has 1 saturated heterocycles. The first-order valence-electron chi connectivity index (χ1n) is 7.30. The van der Waals surface area contributed by atoms with Crippen LogP contribution in [0.2, 0.25) is 0 Å². The van der Waals surface area contributed by atoms with Crippen molar-refractivity contribution < 1.29 is 4.74 Å². The molecule has 100 valence electrons. The third-order valence-electron chi connectivity index (χ3n) is 3.90. The maximum absolute atomic E-state index is 5.82. The molecular weight excluding hydrogens is 212 g/mol. The highest BCUT2D eigenvalue weighted by Crippen LogP contribution is 2.21. The van der Waals surface area contributed by atoms with E-state index in [2.05, 4.69) is 23.6 Å². The second-order valence-electron chi connectivity index (χ2n) is 5.96. The molecule has 0 atom stereocenters. The maximum atomic E-state index is 5.82. The molecule has 3 heteroatoms. The monoisotopic (exact) mass is 240 g/mol. The van der Waals surface area contributed by atoms with E-state index in [0.29, 0.717) is 6.10 Å². The number of ether oxygens (including phenoxy) is 1. The molecule has 0 aromatic rings. The van der Waals surface area contributed by atoms with Gasteiger partial charge in [0, 0.05) is 39.3 Å². The van der Waals surface area contributed by atoms with Gasteiger partial charge in [0.1, 0.15) is 0 Å². The molecular formula is C14H28N2O. The first-order chi connectivity index (χ1) is 8.24. The van der Waals surface area contributed by atoms with Crippen molar-refractivity contribution in [3.8, 4) is 0 Å². The Morgan fingerprint density at radius 3 is 2.24 bits per heavy atom. The molecule has 0 N–H and O–H groups in total. The van der Waals surface area contributed by atoms with Gasteiger partial charge >= 0.3 is 0 Å². The molecule has 2 fully saturated rings. The van der Waals surface area contributed by atoms with Gasteiger partial charge < -0.3 is 9.64 Å². The van der Waals surface area contributed by atoms with E-state index >= 15 is 0 Å². The fourth-order valence-electron chi connectivity index (χ4n) is 2.60. The Kier molecular flexibility index (Phi) is 5.26. The molecule has 2 aliphatic rings. The van der Waals surface area contributed by atoms with Crippen molar-refractivity contribution in [3.63, 3.8) is 0 Å². The molecule has 1 aliphatic heterocycles. The molecule has 0 unspecified atom stereocenters. The van der Waals surface area contributed by atoms with Gasteiger partial charge in [-0.15, -0.1) is 0 Å². The number of nitrogens with zero attached hydrogens (tertiary/aromatic N) is 2. The minimum atomic E-state index is 0.595. The maximum Gasteiger partial charge on any atom is 0.0597 e. The van der Waals surface area contributed by atoms with Crippen molar-refractivity contribution in [2.75, 3.05) is 45.9 Å². The standard InChI is InChI=1S/C14H28N2O/c1-13(2)12-16-8-6-15(7-9-16)10-11-17-14-4-3-5-14/h13-14H,3-12H2,1-2H3. The minimum Gasteiger partial charge on any atom is -0.377 e. The zero-order valence-corrected chi connectivity index (χ0v) is 11.5. The van der Waals surface area contributed by atoms with Gasteiger partial charge in [-0.25, -0.2) is 0 Å². The van der Waals surface area contributed by atoms with Crippen LogP contribution >= 0.6 is 0 Å². The van der Waals surface area contributed by atoms with Crippen LogP contribution in [0.1, 0.15) is 33.1 Å². The second kappa shape index (κ2) is 6.72. The number of rotatable bonds is 6. The van der Waals surface area contributed by atoms with Gasteiger partial charge in [0.25, 0.3) is 0 Å². The van der Waals surface area contributed by atoms with Gasteiger partial charge in [-0.3, -0.25) is 4.90 Å². The van der Waals surface area contributed by atoms with Crippen molar-refractivity contribution in [3.05, 3.63) is 0 Å². The molecule has 2 rings (SSSR count). The third-order valence-corrected chi connectivity index (χ3v) is 3.90. The van der Waals surface area contributed by atoms with Gasteiger partial charge in [-0.1, -0.05) is 13.8 Å². The molecule has 1 saturated carbocycles. The zero-order valence-electron chi connectivity index (χ0n) is 11.5. The first kappa shape index (κ1) is 13.3. The Morgan fingerprint density at radius 1 is 1.06 bits per heavy atom. The third kappa shape index (κ3) is 4.57. The van der Waals surface area contributed by atoms with E-state index in [1.807, 2.05) is 0 Å². The molecule has 0 spiro atoms. The molecule has 0 amide bonds. The molecule has 0 aromatic carbocycles. The summed E-state index contributed by atoms with van der Waals surface area (Å²) in [5.74, 6) is 0.795. The van der Waals surface area contributed by atoms with Crippen LogP contribution in [-0.4, -0.2) is 61.8 Å². The van der Waals surface area contributed by atoms with Crippen molar-refractivity contribution in [2.45, 2.75) is 39.2 Å². The van der Waals surface area contributed by atoms with Crippen LogP contribution in [0.3, 0.4) is 0 Å². The lowest BCUT2D eigenvalue weighted by Crippen LogP contribution is -2.48. The van der Waals surface area contributed by atoms with E-state index in [-0.39, 0.29) is 0 Å². The molecule has 3 nitrogen and oxygen atoms in total. The average molecular weight is 240 g/mol. The lowest BCUT2D eigenvalue weighted by Gasteiger charge is -2.36. The summed E-state index contributed by atoms with van der Waals surface area (Å²) in [6.07, 6.45) is 4.56. The van der Waals surface area contributed by atoms with Crippen molar-refractivity contribution in [1.82, 2.24) is 9.80 Å². The highest BCUT2D eigenvalue weighted by atomic mass is 16.5. The summed E-state index contributed by atoms with van der Waals surface area (Å²) in [5, 5.41) is 0. The van der Waals surface area contributed by atoms with Crippen LogP contribution in [-0.2, 0) is 4.74 Å². The normalized spacial score (nSPS) is 24.2. The Hall–Kier alpha value is -0.120. The van der Waals surface area contributed by atoms with Gasteiger partial charge in [0.15, 0.2) is 0 Å². The van der Waals surface area contributed by atoms with Gasteiger partial charge in [-0.2, -0.15) is 0 Å². The van der Waals surface area contributed by atoms with E-state index in [9.17, 15) is 0 Å². The van der Waals surface area contributed by atoms with Crippen LogP contribution < -0.4 is 0 Å². The fraction of sp³-hybridized carbons (Fsp3) is 1.00. The lowest BCUT2D eigenvalue weighted by molar-refractivity contribution is -0.0125. The molecule has 17 heavy (non-hydrogen) atoms. The van der Waals surface area contributed by atoms with Gasteiger partial charge in [0.2, 0.25) is 0 Å². The van der Waals surface area contributed by atoms with E-state index in [1.165, 1.54) is 52.0 Å². The summed E-state index contributed by atoms with van der Waals surface area (Å²) in [6.45, 7) is 12.9. The Labute approximate surface area is 106 Å². The average Bonchev–Trinajstić information content (AvgIpc) is 2.23. The van der Waals surface area contributed by atoms with Crippen molar-refractivity contribution in [2.24, 2.45) is 5.92 Å².